The summed E-state index contributed by atoms with van der Waals surface area (Å²) >= 11 is 0. The molecule has 0 unspecified atom stereocenters. The highest BCUT2D eigenvalue weighted by Crippen LogP contribution is 2.27. The van der Waals surface area contributed by atoms with E-state index in [4.69, 9.17) is 0 Å². The van der Waals surface area contributed by atoms with Crippen molar-refractivity contribution in [1.29, 1.82) is 0 Å². The molecule has 2 rings (SSSR count). The third kappa shape index (κ3) is 5.50. The standard InChI is InChI=1S/C15H19F3N2O.ClH/c1-10-6-12(11-2-4-19-5-3-11)8-13(7-10)14(21)20-9-15(16,17)18;/h6-8,11,19H,2-5,9H2,1H3,(H,20,21);1H. The van der Waals surface area contributed by atoms with Gasteiger partial charge in [0, 0.05) is 5.56 Å². The van der Waals surface area contributed by atoms with Gasteiger partial charge in [0.2, 0.25) is 0 Å². The van der Waals surface area contributed by atoms with Crippen LogP contribution in [0.5, 0.6) is 0 Å². The van der Waals surface area contributed by atoms with Crippen LogP contribution in [0.3, 0.4) is 0 Å². The molecule has 1 aliphatic heterocycles. The van der Waals surface area contributed by atoms with E-state index in [0.717, 1.165) is 37.1 Å². The lowest BCUT2D eigenvalue weighted by Gasteiger charge is -2.23. The van der Waals surface area contributed by atoms with Gasteiger partial charge in [-0.15, -0.1) is 12.4 Å². The van der Waals surface area contributed by atoms with E-state index < -0.39 is 18.6 Å². The number of piperidine rings is 1. The normalized spacial score (nSPS) is 16.0. The van der Waals surface area contributed by atoms with Crippen molar-refractivity contribution in [3.63, 3.8) is 0 Å². The van der Waals surface area contributed by atoms with Crippen LogP contribution in [0.15, 0.2) is 18.2 Å². The van der Waals surface area contributed by atoms with Gasteiger partial charge in [0.05, 0.1) is 0 Å². The average molecular weight is 337 g/mol. The third-order valence-corrected chi connectivity index (χ3v) is 3.62. The summed E-state index contributed by atoms with van der Waals surface area (Å²) in [5.41, 5.74) is 2.23. The largest absolute Gasteiger partial charge is 0.405 e. The molecule has 1 aromatic rings. The first-order valence-corrected chi connectivity index (χ1v) is 7.02. The van der Waals surface area contributed by atoms with Crippen molar-refractivity contribution in [2.75, 3.05) is 19.6 Å². The smallest absolute Gasteiger partial charge is 0.343 e. The van der Waals surface area contributed by atoms with Crippen molar-refractivity contribution < 1.29 is 18.0 Å². The summed E-state index contributed by atoms with van der Waals surface area (Å²) in [5.74, 6) is -0.313. The van der Waals surface area contributed by atoms with Crippen LogP contribution in [0.4, 0.5) is 13.2 Å². The maximum Gasteiger partial charge on any atom is 0.405 e. The number of alkyl halides is 3. The zero-order valence-corrected chi connectivity index (χ0v) is 13.1. The minimum atomic E-state index is -4.39. The Hall–Kier alpha value is -1.27. The van der Waals surface area contributed by atoms with Crippen LogP contribution in [0.2, 0.25) is 0 Å². The lowest BCUT2D eigenvalue weighted by atomic mass is 9.88. The molecule has 0 bridgehead atoms. The Labute approximate surface area is 134 Å². The molecule has 124 valence electrons. The van der Waals surface area contributed by atoms with Gasteiger partial charge in [0.25, 0.3) is 5.91 Å². The van der Waals surface area contributed by atoms with Gasteiger partial charge >= 0.3 is 6.18 Å². The van der Waals surface area contributed by atoms with Gasteiger partial charge < -0.3 is 10.6 Å². The molecule has 1 fully saturated rings. The number of rotatable bonds is 3. The minimum absolute atomic E-state index is 0. The van der Waals surface area contributed by atoms with Gasteiger partial charge in [-0.3, -0.25) is 4.79 Å². The fourth-order valence-electron chi connectivity index (χ4n) is 2.62. The molecule has 1 amide bonds. The highest BCUT2D eigenvalue weighted by Gasteiger charge is 2.28. The van der Waals surface area contributed by atoms with E-state index in [2.05, 4.69) is 5.32 Å². The van der Waals surface area contributed by atoms with Crippen LogP contribution >= 0.6 is 12.4 Å². The Bertz CT molecular complexity index is 514. The van der Waals surface area contributed by atoms with Crippen LogP contribution in [-0.2, 0) is 0 Å². The van der Waals surface area contributed by atoms with E-state index in [-0.39, 0.29) is 12.4 Å². The first-order valence-electron chi connectivity index (χ1n) is 7.02. The molecule has 1 aliphatic rings. The predicted molar refractivity (Wildman–Crippen MR) is 81.7 cm³/mol. The van der Waals surface area contributed by atoms with Gasteiger partial charge in [-0.25, -0.2) is 0 Å². The summed E-state index contributed by atoms with van der Waals surface area (Å²) in [5, 5.41) is 5.19. The minimum Gasteiger partial charge on any atom is -0.343 e. The number of nitrogens with one attached hydrogen (secondary N) is 2. The molecule has 1 aromatic carbocycles. The van der Waals surface area contributed by atoms with Crippen LogP contribution in [-0.4, -0.2) is 31.7 Å². The van der Waals surface area contributed by atoms with E-state index in [1.807, 2.05) is 18.3 Å². The quantitative estimate of drug-likeness (QED) is 0.890. The summed E-state index contributed by atoms with van der Waals surface area (Å²) < 4.78 is 36.5. The van der Waals surface area contributed by atoms with Gasteiger partial charge in [-0.05, 0) is 56.5 Å². The summed E-state index contributed by atoms with van der Waals surface area (Å²) in [6.07, 6.45) is -2.43. The second-order valence-corrected chi connectivity index (χ2v) is 5.45. The van der Waals surface area contributed by atoms with Crippen LogP contribution in [0.1, 0.15) is 40.2 Å². The number of amides is 1. The van der Waals surface area contributed by atoms with E-state index >= 15 is 0 Å². The number of halogens is 4. The molecule has 1 heterocycles. The summed E-state index contributed by atoms with van der Waals surface area (Å²) in [4.78, 5) is 11.9. The van der Waals surface area contributed by atoms with Crippen LogP contribution in [0.25, 0.3) is 0 Å². The zero-order valence-electron chi connectivity index (χ0n) is 12.3. The highest BCUT2D eigenvalue weighted by atomic mass is 35.5. The molecule has 0 radical (unpaired) electrons. The fraction of sp³-hybridized carbons (Fsp3) is 0.533. The van der Waals surface area contributed by atoms with Crippen molar-refractivity contribution in [1.82, 2.24) is 10.6 Å². The molecule has 0 saturated carbocycles. The summed E-state index contributed by atoms with van der Waals surface area (Å²) in [6, 6.07) is 5.35. The summed E-state index contributed by atoms with van der Waals surface area (Å²) in [7, 11) is 0. The number of carbonyl (C=O) groups excluding carboxylic acids is 1. The third-order valence-electron chi connectivity index (χ3n) is 3.62. The first-order chi connectivity index (χ1) is 9.85. The molecule has 0 aliphatic carbocycles. The lowest BCUT2D eigenvalue weighted by molar-refractivity contribution is -0.123. The Morgan fingerprint density at radius 2 is 1.91 bits per heavy atom. The highest BCUT2D eigenvalue weighted by molar-refractivity contribution is 5.94. The first kappa shape index (κ1) is 18.8. The SMILES string of the molecule is Cc1cc(C(=O)NCC(F)(F)F)cc(C2CCNCC2)c1.Cl. The van der Waals surface area contributed by atoms with Crippen LogP contribution < -0.4 is 10.6 Å². The zero-order chi connectivity index (χ0) is 15.5. The van der Waals surface area contributed by atoms with Gasteiger partial charge in [0.15, 0.2) is 0 Å². The molecule has 1 saturated heterocycles. The van der Waals surface area contributed by atoms with Gasteiger partial charge in [-0.1, -0.05) is 11.6 Å². The summed E-state index contributed by atoms with van der Waals surface area (Å²) in [6.45, 7) is 2.40. The van der Waals surface area contributed by atoms with Crippen molar-refractivity contribution in [2.45, 2.75) is 31.9 Å². The monoisotopic (exact) mass is 336 g/mol. The second kappa shape index (κ2) is 7.83. The second-order valence-electron chi connectivity index (χ2n) is 5.45. The number of hydrogen-bond acceptors (Lipinski definition) is 2. The number of carbonyl (C=O) groups is 1. The Kier molecular flexibility index (Phi) is 6.68. The maximum absolute atomic E-state index is 12.2. The van der Waals surface area contributed by atoms with Crippen molar-refractivity contribution >= 4 is 18.3 Å². The molecule has 3 nitrogen and oxygen atoms in total. The van der Waals surface area contributed by atoms with Crippen LogP contribution in [0, 0.1) is 6.92 Å². The van der Waals surface area contributed by atoms with E-state index in [1.54, 1.807) is 12.1 Å². The average Bonchev–Trinajstić information content (AvgIpc) is 2.44. The molecule has 22 heavy (non-hydrogen) atoms. The molecular weight excluding hydrogens is 317 g/mol. The lowest BCUT2D eigenvalue weighted by Crippen LogP contribution is -2.33. The van der Waals surface area contributed by atoms with Crippen molar-refractivity contribution in [2.24, 2.45) is 0 Å². The number of benzene rings is 1. The molecular formula is C15H20ClF3N2O. The predicted octanol–water partition coefficient (Wildman–Crippen LogP) is 3.18. The Morgan fingerprint density at radius 1 is 1.27 bits per heavy atom. The Morgan fingerprint density at radius 3 is 2.50 bits per heavy atom. The van der Waals surface area contributed by atoms with Crippen molar-refractivity contribution in [3.8, 4) is 0 Å². The number of hydrogen-bond donors (Lipinski definition) is 2. The van der Waals surface area contributed by atoms with E-state index in [9.17, 15) is 18.0 Å². The van der Waals surface area contributed by atoms with Gasteiger partial charge in [0.1, 0.15) is 6.54 Å². The van der Waals surface area contributed by atoms with E-state index in [0.29, 0.717) is 11.5 Å². The molecule has 0 spiro atoms. The molecule has 0 atom stereocenters. The molecule has 7 heteroatoms. The molecule has 2 N–H and O–H groups in total. The fourth-order valence-corrected chi connectivity index (χ4v) is 2.62. The van der Waals surface area contributed by atoms with E-state index in [1.165, 1.54) is 0 Å². The van der Waals surface area contributed by atoms with Crippen molar-refractivity contribution in [3.05, 3.63) is 34.9 Å². The Balaban J connectivity index is 0.00000242. The maximum atomic E-state index is 12.2. The number of aryl methyl sites for hydroxylation is 1. The molecule has 0 aromatic heterocycles. The van der Waals surface area contributed by atoms with Gasteiger partial charge in [-0.2, -0.15) is 13.2 Å². The topological polar surface area (TPSA) is 41.1 Å².